The molecule has 10 heteroatoms. The maximum atomic E-state index is 13.6. The maximum Gasteiger partial charge on any atom is 0.338 e. The van der Waals surface area contributed by atoms with Gasteiger partial charge in [-0.05, 0) is 73.2 Å². The Kier molecular flexibility index (Phi) is 8.50. The van der Waals surface area contributed by atoms with Crippen LogP contribution in [0.15, 0.2) is 88.3 Å². The van der Waals surface area contributed by atoms with Crippen molar-refractivity contribution < 1.29 is 28.7 Å². The number of rotatable bonds is 9. The van der Waals surface area contributed by atoms with E-state index < -0.39 is 23.8 Å². The van der Waals surface area contributed by atoms with E-state index in [1.807, 2.05) is 6.92 Å². The van der Waals surface area contributed by atoms with Crippen LogP contribution in [0.4, 0.5) is 11.4 Å². The SMILES string of the molecule is CCCOC(=O)c1ccc(N2C(=O)C(Nc3cccc(C(=O)OC)c3)=C(Sc3ccc(Cl)cc3)C2=O)cc1. The number of imide groups is 1. The largest absolute Gasteiger partial charge is 0.465 e. The van der Waals surface area contributed by atoms with Gasteiger partial charge in [-0.1, -0.05) is 36.4 Å². The van der Waals surface area contributed by atoms with E-state index in [1.165, 1.54) is 37.4 Å². The molecule has 0 saturated carbocycles. The first kappa shape index (κ1) is 27.0. The number of carbonyl (C=O) groups is 4. The normalized spacial score (nSPS) is 13.1. The van der Waals surface area contributed by atoms with Crippen LogP contribution in [0.2, 0.25) is 5.02 Å². The molecule has 8 nitrogen and oxygen atoms in total. The second kappa shape index (κ2) is 12.0. The topological polar surface area (TPSA) is 102 Å². The van der Waals surface area contributed by atoms with E-state index >= 15 is 0 Å². The van der Waals surface area contributed by atoms with E-state index in [0.29, 0.717) is 39.9 Å². The third kappa shape index (κ3) is 5.90. The van der Waals surface area contributed by atoms with Crippen molar-refractivity contribution in [2.75, 3.05) is 23.9 Å². The summed E-state index contributed by atoms with van der Waals surface area (Å²) >= 11 is 7.11. The highest BCUT2D eigenvalue weighted by atomic mass is 35.5. The Morgan fingerprint density at radius 3 is 2.29 bits per heavy atom. The number of hydrogen-bond acceptors (Lipinski definition) is 8. The summed E-state index contributed by atoms with van der Waals surface area (Å²) in [4.78, 5) is 53.2. The summed E-state index contributed by atoms with van der Waals surface area (Å²) in [7, 11) is 1.28. The summed E-state index contributed by atoms with van der Waals surface area (Å²) in [6, 6.07) is 19.3. The van der Waals surface area contributed by atoms with Gasteiger partial charge in [0.1, 0.15) is 10.6 Å². The molecule has 0 fully saturated rings. The van der Waals surface area contributed by atoms with E-state index in [0.717, 1.165) is 16.7 Å². The minimum absolute atomic E-state index is 0.0448. The van der Waals surface area contributed by atoms with Crippen LogP contribution in [-0.4, -0.2) is 37.5 Å². The van der Waals surface area contributed by atoms with E-state index in [1.54, 1.807) is 42.5 Å². The van der Waals surface area contributed by atoms with Gasteiger partial charge in [0.05, 0.1) is 30.5 Å². The molecule has 0 bridgehead atoms. The number of nitrogens with zero attached hydrogens (tertiary/aromatic N) is 1. The molecular formula is C28H23ClN2O6S. The van der Waals surface area contributed by atoms with Gasteiger partial charge in [0.25, 0.3) is 11.8 Å². The molecule has 0 atom stereocenters. The van der Waals surface area contributed by atoms with E-state index in [9.17, 15) is 19.2 Å². The molecule has 0 aromatic heterocycles. The van der Waals surface area contributed by atoms with Gasteiger partial charge >= 0.3 is 11.9 Å². The molecule has 194 valence electrons. The van der Waals surface area contributed by atoms with Crippen molar-refractivity contribution in [1.29, 1.82) is 0 Å². The van der Waals surface area contributed by atoms with Crippen LogP contribution in [0.3, 0.4) is 0 Å². The first-order valence-electron chi connectivity index (χ1n) is 11.6. The minimum Gasteiger partial charge on any atom is -0.465 e. The van der Waals surface area contributed by atoms with Crippen LogP contribution in [0.1, 0.15) is 34.1 Å². The molecule has 4 rings (SSSR count). The lowest BCUT2D eigenvalue weighted by Gasteiger charge is -2.16. The van der Waals surface area contributed by atoms with Gasteiger partial charge in [-0.2, -0.15) is 0 Å². The van der Waals surface area contributed by atoms with Crippen molar-refractivity contribution in [3.8, 4) is 0 Å². The highest BCUT2D eigenvalue weighted by molar-refractivity contribution is 8.04. The number of nitrogens with one attached hydrogen (secondary N) is 1. The molecular weight excluding hydrogens is 528 g/mol. The molecule has 0 aliphatic carbocycles. The van der Waals surface area contributed by atoms with Gasteiger partial charge in [0.2, 0.25) is 0 Å². The fraction of sp³-hybridized carbons (Fsp3) is 0.143. The summed E-state index contributed by atoms with van der Waals surface area (Å²) in [5.41, 5.74) is 1.35. The van der Waals surface area contributed by atoms with Crippen molar-refractivity contribution in [3.63, 3.8) is 0 Å². The molecule has 3 aromatic rings. The molecule has 0 saturated heterocycles. The summed E-state index contributed by atoms with van der Waals surface area (Å²) in [5, 5.41) is 3.55. The number of methoxy groups -OCH3 is 1. The van der Waals surface area contributed by atoms with Crippen molar-refractivity contribution in [3.05, 3.63) is 99.5 Å². The van der Waals surface area contributed by atoms with Gasteiger partial charge < -0.3 is 14.8 Å². The van der Waals surface area contributed by atoms with Gasteiger partial charge in [-0.3, -0.25) is 9.59 Å². The summed E-state index contributed by atoms with van der Waals surface area (Å²) in [5.74, 6) is -2.15. The van der Waals surface area contributed by atoms with Crippen molar-refractivity contribution >= 4 is 58.5 Å². The first-order valence-corrected chi connectivity index (χ1v) is 12.8. The third-order valence-electron chi connectivity index (χ3n) is 5.43. The van der Waals surface area contributed by atoms with Crippen LogP contribution in [0.5, 0.6) is 0 Å². The quantitative estimate of drug-likeness (QED) is 0.268. The number of halogens is 1. The standard InChI is InChI=1S/C28H23ClN2O6S/c1-3-15-37-28(35)17-7-11-21(12-8-17)31-25(32)23(30-20-6-4-5-18(16-20)27(34)36-2)24(26(31)33)38-22-13-9-19(29)10-14-22/h4-14,16,30H,3,15H2,1-2H3. The predicted molar refractivity (Wildman–Crippen MR) is 145 cm³/mol. The fourth-order valence-electron chi connectivity index (χ4n) is 3.58. The number of thioether (sulfide) groups is 1. The van der Waals surface area contributed by atoms with Crippen LogP contribution in [-0.2, 0) is 19.1 Å². The molecule has 0 unspecified atom stereocenters. The molecule has 3 aromatic carbocycles. The summed E-state index contributed by atoms with van der Waals surface area (Å²) in [6.45, 7) is 2.19. The maximum absolute atomic E-state index is 13.6. The molecule has 1 aliphatic heterocycles. The summed E-state index contributed by atoms with van der Waals surface area (Å²) in [6.07, 6.45) is 0.693. The smallest absolute Gasteiger partial charge is 0.338 e. The molecule has 2 amide bonds. The van der Waals surface area contributed by atoms with Crippen LogP contribution in [0.25, 0.3) is 0 Å². The second-order valence-electron chi connectivity index (χ2n) is 8.09. The average molecular weight is 551 g/mol. The fourth-order valence-corrected chi connectivity index (χ4v) is 4.63. The Morgan fingerprint density at radius 2 is 1.63 bits per heavy atom. The molecule has 0 spiro atoms. The number of benzene rings is 3. The zero-order chi connectivity index (χ0) is 27.2. The van der Waals surface area contributed by atoms with Gasteiger partial charge in [-0.25, -0.2) is 14.5 Å². The minimum atomic E-state index is -0.587. The lowest BCUT2D eigenvalue weighted by Crippen LogP contribution is -2.32. The monoisotopic (exact) mass is 550 g/mol. The number of hydrogen-bond donors (Lipinski definition) is 1. The number of ether oxygens (including phenoxy) is 2. The van der Waals surface area contributed by atoms with Gasteiger partial charge in [0, 0.05) is 15.6 Å². The van der Waals surface area contributed by atoms with Crippen LogP contribution >= 0.6 is 23.4 Å². The van der Waals surface area contributed by atoms with Crippen molar-refractivity contribution in [2.24, 2.45) is 0 Å². The lowest BCUT2D eigenvalue weighted by atomic mass is 10.2. The zero-order valence-electron chi connectivity index (χ0n) is 20.5. The van der Waals surface area contributed by atoms with E-state index in [4.69, 9.17) is 21.1 Å². The second-order valence-corrected chi connectivity index (χ2v) is 9.61. The average Bonchev–Trinajstić information content (AvgIpc) is 3.16. The number of anilines is 2. The Bertz CT molecular complexity index is 1420. The lowest BCUT2D eigenvalue weighted by molar-refractivity contribution is -0.120. The Hall–Kier alpha value is -4.08. The van der Waals surface area contributed by atoms with Crippen LogP contribution in [0, 0.1) is 0 Å². The van der Waals surface area contributed by atoms with Crippen LogP contribution < -0.4 is 10.2 Å². The highest BCUT2D eigenvalue weighted by Gasteiger charge is 2.40. The summed E-state index contributed by atoms with van der Waals surface area (Å²) < 4.78 is 9.92. The Morgan fingerprint density at radius 1 is 0.921 bits per heavy atom. The molecule has 1 aliphatic rings. The van der Waals surface area contributed by atoms with Gasteiger partial charge in [-0.15, -0.1) is 0 Å². The Balaban J connectivity index is 1.67. The zero-order valence-corrected chi connectivity index (χ0v) is 22.1. The third-order valence-corrected chi connectivity index (χ3v) is 6.77. The molecule has 1 heterocycles. The highest BCUT2D eigenvalue weighted by Crippen LogP contribution is 2.38. The van der Waals surface area contributed by atoms with Gasteiger partial charge in [0.15, 0.2) is 0 Å². The van der Waals surface area contributed by atoms with E-state index in [-0.39, 0.29) is 16.2 Å². The van der Waals surface area contributed by atoms with Crippen molar-refractivity contribution in [1.82, 2.24) is 0 Å². The van der Waals surface area contributed by atoms with Crippen molar-refractivity contribution in [2.45, 2.75) is 18.2 Å². The number of carbonyl (C=O) groups excluding carboxylic acids is 4. The predicted octanol–water partition coefficient (Wildman–Crippen LogP) is 5.68. The molecule has 1 N–H and O–H groups in total. The number of esters is 2. The van der Waals surface area contributed by atoms with E-state index in [2.05, 4.69) is 5.32 Å². The number of amides is 2. The molecule has 38 heavy (non-hydrogen) atoms. The molecule has 0 radical (unpaired) electrons. The Labute approximate surface area is 228 Å². The first-order chi connectivity index (χ1) is 18.3.